The molecule has 0 aromatic rings. The van der Waals surface area contributed by atoms with Crippen LogP contribution in [0.15, 0.2) is 11.9 Å². The summed E-state index contributed by atoms with van der Waals surface area (Å²) in [5, 5.41) is 0. The molecule has 1 aliphatic rings. The van der Waals surface area contributed by atoms with Gasteiger partial charge in [-0.05, 0) is 13.0 Å². The van der Waals surface area contributed by atoms with Crippen molar-refractivity contribution in [3.05, 3.63) is 11.9 Å². The van der Waals surface area contributed by atoms with Crippen LogP contribution in [0.1, 0.15) is 6.92 Å². The summed E-state index contributed by atoms with van der Waals surface area (Å²) < 4.78 is 100. The number of hydrogen-bond donors (Lipinski definition) is 0. The van der Waals surface area contributed by atoms with Crippen molar-refractivity contribution in [2.75, 3.05) is 0 Å². The highest BCUT2D eigenvalue weighted by Gasteiger charge is 2.82. The molecule has 0 saturated heterocycles. The molecule has 15 heavy (non-hydrogen) atoms. The average molecular weight is 240 g/mol. The fraction of sp³-hybridized carbons (Fsp3) is 0.714. The zero-order chi connectivity index (χ0) is 12.3. The molecule has 0 spiro atoms. The van der Waals surface area contributed by atoms with E-state index in [0.29, 0.717) is 0 Å². The molecule has 0 nitrogen and oxygen atoms in total. The van der Waals surface area contributed by atoms with Crippen molar-refractivity contribution in [2.24, 2.45) is 0 Å². The van der Waals surface area contributed by atoms with Crippen LogP contribution in [0.3, 0.4) is 0 Å². The minimum atomic E-state index is -6.11. The highest BCUT2D eigenvalue weighted by molar-refractivity contribution is 5.29. The third-order valence-electron chi connectivity index (χ3n) is 2.10. The predicted octanol–water partition coefficient (Wildman–Crippen LogP) is 3.49. The second-order valence-electron chi connectivity index (χ2n) is 3.29. The minimum absolute atomic E-state index is 0.101. The van der Waals surface area contributed by atoms with Crippen molar-refractivity contribution in [1.29, 1.82) is 0 Å². The molecule has 1 rings (SSSR count). The van der Waals surface area contributed by atoms with Gasteiger partial charge < -0.3 is 0 Å². The first-order chi connectivity index (χ1) is 6.38. The van der Waals surface area contributed by atoms with E-state index < -0.39 is 35.3 Å². The molecule has 0 bridgehead atoms. The Bertz CT molecular complexity index is 313. The van der Waals surface area contributed by atoms with Crippen LogP contribution in [-0.2, 0) is 0 Å². The van der Waals surface area contributed by atoms with E-state index in [1.54, 1.807) is 0 Å². The second-order valence-corrected chi connectivity index (χ2v) is 3.29. The molecule has 88 valence electrons. The molecule has 0 amide bonds. The maximum Gasteiger partial charge on any atom is 0.382 e. The van der Waals surface area contributed by atoms with Crippen molar-refractivity contribution >= 4 is 0 Å². The van der Waals surface area contributed by atoms with Gasteiger partial charge in [0, 0.05) is 0 Å². The molecule has 1 atom stereocenters. The van der Waals surface area contributed by atoms with Gasteiger partial charge in [0.1, 0.15) is 0 Å². The maximum atomic E-state index is 12.9. The number of hydrogen-bond acceptors (Lipinski definition) is 0. The van der Waals surface area contributed by atoms with E-state index in [-0.39, 0.29) is 6.92 Å². The van der Waals surface area contributed by atoms with E-state index >= 15 is 0 Å². The van der Waals surface area contributed by atoms with Gasteiger partial charge in [-0.2, -0.15) is 26.3 Å². The Hall–Kier alpha value is -0.820. The molecule has 0 N–H and O–H groups in total. The SMILES string of the molecule is CC1(F)C=C(F)C(F)(F)C(F)(F)C1(F)F. The van der Waals surface area contributed by atoms with Crippen molar-refractivity contribution in [3.8, 4) is 0 Å². The number of allylic oxidation sites excluding steroid dienone is 2. The number of halogens is 8. The summed E-state index contributed by atoms with van der Waals surface area (Å²) in [6.07, 6.45) is -0.829. The van der Waals surface area contributed by atoms with Crippen LogP contribution in [0, 0.1) is 0 Å². The zero-order valence-electron chi connectivity index (χ0n) is 7.10. The summed E-state index contributed by atoms with van der Waals surface area (Å²) in [7, 11) is 0. The summed E-state index contributed by atoms with van der Waals surface area (Å²) in [5.41, 5.74) is -4.16. The van der Waals surface area contributed by atoms with Crippen LogP contribution >= 0.6 is 0 Å². The maximum absolute atomic E-state index is 12.9. The monoisotopic (exact) mass is 240 g/mol. The predicted molar refractivity (Wildman–Crippen MR) is 33.5 cm³/mol. The minimum Gasteiger partial charge on any atom is -0.233 e. The van der Waals surface area contributed by atoms with Gasteiger partial charge >= 0.3 is 17.8 Å². The molecule has 1 aliphatic carbocycles. The molecule has 0 aromatic carbocycles. The topological polar surface area (TPSA) is 0 Å². The van der Waals surface area contributed by atoms with Crippen LogP contribution in [0.5, 0.6) is 0 Å². The van der Waals surface area contributed by atoms with Crippen LogP contribution < -0.4 is 0 Å². The van der Waals surface area contributed by atoms with Gasteiger partial charge in [0.2, 0.25) is 0 Å². The Morgan fingerprint density at radius 1 is 0.867 bits per heavy atom. The van der Waals surface area contributed by atoms with Gasteiger partial charge in [0.05, 0.1) is 0 Å². The van der Waals surface area contributed by atoms with E-state index in [9.17, 15) is 35.1 Å². The van der Waals surface area contributed by atoms with Crippen LogP contribution in [0.4, 0.5) is 35.1 Å². The molecule has 0 saturated carbocycles. The Labute approximate surface area is 78.6 Å². The molecule has 1 unspecified atom stereocenters. The van der Waals surface area contributed by atoms with E-state index in [1.165, 1.54) is 0 Å². The van der Waals surface area contributed by atoms with Crippen molar-refractivity contribution in [3.63, 3.8) is 0 Å². The summed E-state index contributed by atoms with van der Waals surface area (Å²) in [4.78, 5) is 0. The summed E-state index contributed by atoms with van der Waals surface area (Å²) in [6.45, 7) is -0.101. The van der Waals surface area contributed by atoms with Gasteiger partial charge in [-0.25, -0.2) is 8.78 Å². The Kier molecular flexibility index (Phi) is 2.16. The number of rotatable bonds is 0. The summed E-state index contributed by atoms with van der Waals surface area (Å²) in [5.74, 6) is -20.4. The van der Waals surface area contributed by atoms with E-state index in [2.05, 4.69) is 0 Å². The van der Waals surface area contributed by atoms with Gasteiger partial charge in [-0.1, -0.05) is 0 Å². The summed E-state index contributed by atoms with van der Waals surface area (Å²) >= 11 is 0. The molecule has 8 heteroatoms. The largest absolute Gasteiger partial charge is 0.382 e. The fourth-order valence-electron chi connectivity index (χ4n) is 1.07. The van der Waals surface area contributed by atoms with E-state index in [0.717, 1.165) is 0 Å². The quantitative estimate of drug-likeness (QED) is 0.568. The highest BCUT2D eigenvalue weighted by atomic mass is 19.4. The third kappa shape index (κ3) is 1.19. The first kappa shape index (κ1) is 12.3. The fourth-order valence-corrected chi connectivity index (χ4v) is 1.07. The van der Waals surface area contributed by atoms with E-state index in [1.807, 2.05) is 0 Å². The first-order valence-corrected chi connectivity index (χ1v) is 3.59. The lowest BCUT2D eigenvalue weighted by Crippen LogP contribution is -2.65. The third-order valence-corrected chi connectivity index (χ3v) is 2.10. The van der Waals surface area contributed by atoms with Crippen LogP contribution in [-0.4, -0.2) is 23.4 Å². The molecule has 0 fully saturated rings. The second kappa shape index (κ2) is 2.65. The lowest BCUT2D eigenvalue weighted by Gasteiger charge is -2.40. The molecule has 0 aliphatic heterocycles. The standard InChI is InChI=1S/C7H4F8/c1-4(9)2-3(8)5(10,11)7(14,15)6(4,12)13/h2H,1H3. The highest BCUT2D eigenvalue weighted by Crippen LogP contribution is 2.58. The normalized spacial score (nSPS) is 37.3. The van der Waals surface area contributed by atoms with Gasteiger partial charge in [-0.15, -0.1) is 0 Å². The van der Waals surface area contributed by atoms with Gasteiger partial charge in [0.25, 0.3) is 0 Å². The van der Waals surface area contributed by atoms with Gasteiger partial charge in [0.15, 0.2) is 11.5 Å². The van der Waals surface area contributed by atoms with Crippen LogP contribution in [0.25, 0.3) is 0 Å². The average Bonchev–Trinajstić information content (AvgIpc) is 2.00. The molecule has 0 radical (unpaired) electrons. The van der Waals surface area contributed by atoms with Crippen molar-refractivity contribution in [1.82, 2.24) is 0 Å². The lowest BCUT2D eigenvalue weighted by molar-refractivity contribution is -0.336. The smallest absolute Gasteiger partial charge is 0.233 e. The molecular formula is C7H4F8. The Balaban J connectivity index is 3.49. The molecule has 0 aromatic heterocycles. The lowest BCUT2D eigenvalue weighted by atomic mass is 9.84. The summed E-state index contributed by atoms with van der Waals surface area (Å²) in [6, 6.07) is 0. The molecular weight excluding hydrogens is 236 g/mol. The van der Waals surface area contributed by atoms with E-state index in [4.69, 9.17) is 0 Å². The molecule has 0 heterocycles. The first-order valence-electron chi connectivity index (χ1n) is 3.59. The van der Waals surface area contributed by atoms with Crippen LogP contribution in [0.2, 0.25) is 0 Å². The van der Waals surface area contributed by atoms with Gasteiger partial charge in [-0.3, -0.25) is 0 Å². The van der Waals surface area contributed by atoms with Crippen molar-refractivity contribution < 1.29 is 35.1 Å². The Morgan fingerprint density at radius 3 is 1.67 bits per heavy atom. The Morgan fingerprint density at radius 2 is 1.27 bits per heavy atom. The van der Waals surface area contributed by atoms with Crippen molar-refractivity contribution in [2.45, 2.75) is 30.4 Å². The zero-order valence-corrected chi connectivity index (χ0v) is 7.10. The number of alkyl halides is 7.